The van der Waals surface area contributed by atoms with Crippen molar-refractivity contribution in [2.75, 3.05) is 11.9 Å². The number of benzene rings is 2. The average Bonchev–Trinajstić information content (AvgIpc) is 2.47. The second kappa shape index (κ2) is 6.03. The molecule has 0 bridgehead atoms. The number of hydrogen-bond donors (Lipinski definition) is 1. The first kappa shape index (κ1) is 13.8. The second-order valence-corrected chi connectivity index (χ2v) is 4.73. The number of aryl methyl sites for hydroxylation is 2. The van der Waals surface area contributed by atoms with Crippen molar-refractivity contribution in [3.05, 3.63) is 64.7 Å². The highest BCUT2D eigenvalue weighted by Crippen LogP contribution is 2.14. The molecule has 0 aliphatic carbocycles. The maximum atomic E-state index is 12.1. The van der Waals surface area contributed by atoms with E-state index in [-0.39, 0.29) is 12.3 Å². The largest absolute Gasteiger partial charge is 0.377 e. The van der Waals surface area contributed by atoms with E-state index >= 15 is 0 Å². The third-order valence-electron chi connectivity index (χ3n) is 3.32. The maximum Gasteiger partial charge on any atom is 0.181 e. The van der Waals surface area contributed by atoms with Crippen LogP contribution in [0.5, 0.6) is 0 Å². The molecule has 0 unspecified atom stereocenters. The van der Waals surface area contributed by atoms with Gasteiger partial charge < -0.3 is 5.32 Å². The summed E-state index contributed by atoms with van der Waals surface area (Å²) in [4.78, 5) is 12.1. The number of nitrogens with one attached hydrogen (secondary N) is 1. The lowest BCUT2D eigenvalue weighted by Gasteiger charge is -2.08. The lowest BCUT2D eigenvalue weighted by molar-refractivity contribution is 0.101. The summed E-state index contributed by atoms with van der Waals surface area (Å²) in [5.74, 6) is 0.0147. The molecule has 3 nitrogen and oxygen atoms in total. The molecule has 0 heterocycles. The molecule has 3 heteroatoms. The first-order valence-electron chi connectivity index (χ1n) is 6.45. The lowest BCUT2D eigenvalue weighted by Crippen LogP contribution is -2.14. The lowest BCUT2D eigenvalue weighted by atomic mass is 10.0. The number of rotatable bonds is 4. The van der Waals surface area contributed by atoms with Gasteiger partial charge in [-0.05, 0) is 43.2 Å². The topological polar surface area (TPSA) is 52.9 Å². The molecule has 20 heavy (non-hydrogen) atoms. The summed E-state index contributed by atoms with van der Waals surface area (Å²) in [6.07, 6.45) is 0. The van der Waals surface area contributed by atoms with Crippen LogP contribution in [0.4, 0.5) is 5.69 Å². The molecule has 0 aromatic heterocycles. The Balaban J connectivity index is 2.09. The Morgan fingerprint density at radius 1 is 1.15 bits per heavy atom. The Morgan fingerprint density at radius 3 is 2.60 bits per heavy atom. The fourth-order valence-corrected chi connectivity index (χ4v) is 1.93. The zero-order chi connectivity index (χ0) is 14.5. The predicted molar refractivity (Wildman–Crippen MR) is 79.9 cm³/mol. The summed E-state index contributed by atoms with van der Waals surface area (Å²) in [7, 11) is 0. The summed E-state index contributed by atoms with van der Waals surface area (Å²) in [6, 6.07) is 14.9. The number of nitriles is 1. The normalized spacial score (nSPS) is 9.85. The molecule has 0 aliphatic rings. The molecular formula is C17H16N2O. The number of carbonyl (C=O) groups excluding carboxylic acids is 1. The van der Waals surface area contributed by atoms with Gasteiger partial charge >= 0.3 is 0 Å². The molecular weight excluding hydrogens is 248 g/mol. The zero-order valence-corrected chi connectivity index (χ0v) is 11.6. The van der Waals surface area contributed by atoms with E-state index in [0.717, 1.165) is 5.56 Å². The van der Waals surface area contributed by atoms with Crippen LogP contribution >= 0.6 is 0 Å². The van der Waals surface area contributed by atoms with Crippen molar-refractivity contribution < 1.29 is 4.79 Å². The Hall–Kier alpha value is -2.60. The average molecular weight is 264 g/mol. The van der Waals surface area contributed by atoms with Crippen molar-refractivity contribution in [2.24, 2.45) is 0 Å². The first-order valence-corrected chi connectivity index (χ1v) is 6.45. The summed E-state index contributed by atoms with van der Waals surface area (Å²) in [5.41, 5.74) is 4.19. The summed E-state index contributed by atoms with van der Waals surface area (Å²) in [6.45, 7) is 4.19. The fourth-order valence-electron chi connectivity index (χ4n) is 1.93. The van der Waals surface area contributed by atoms with Gasteiger partial charge in [-0.25, -0.2) is 0 Å². The van der Waals surface area contributed by atoms with Gasteiger partial charge in [-0.15, -0.1) is 0 Å². The van der Waals surface area contributed by atoms with Crippen LogP contribution in [-0.2, 0) is 0 Å². The van der Waals surface area contributed by atoms with Gasteiger partial charge in [0.2, 0.25) is 0 Å². The van der Waals surface area contributed by atoms with E-state index in [0.29, 0.717) is 16.8 Å². The van der Waals surface area contributed by atoms with Crippen LogP contribution in [0.2, 0.25) is 0 Å². The van der Waals surface area contributed by atoms with E-state index < -0.39 is 0 Å². The van der Waals surface area contributed by atoms with Crippen LogP contribution in [0.25, 0.3) is 0 Å². The Morgan fingerprint density at radius 2 is 1.90 bits per heavy atom. The van der Waals surface area contributed by atoms with Gasteiger partial charge in [0.05, 0.1) is 17.8 Å². The van der Waals surface area contributed by atoms with Gasteiger partial charge in [0.15, 0.2) is 5.78 Å². The molecule has 100 valence electrons. The van der Waals surface area contributed by atoms with Gasteiger partial charge in [0, 0.05) is 5.56 Å². The van der Waals surface area contributed by atoms with E-state index in [1.165, 1.54) is 5.56 Å². The predicted octanol–water partition coefficient (Wildman–Crippen LogP) is 3.47. The number of nitrogens with zero attached hydrogens (tertiary/aromatic N) is 1. The van der Waals surface area contributed by atoms with E-state index in [9.17, 15) is 4.79 Å². The van der Waals surface area contributed by atoms with Crippen molar-refractivity contribution in [1.29, 1.82) is 5.26 Å². The molecule has 0 fully saturated rings. The number of Topliss-reactive ketones (excluding diaryl/α,β-unsaturated/α-hetero) is 1. The van der Waals surface area contributed by atoms with Gasteiger partial charge in [0.1, 0.15) is 6.07 Å². The molecule has 0 saturated heterocycles. The summed E-state index contributed by atoms with van der Waals surface area (Å²) in [5, 5.41) is 12.0. The quantitative estimate of drug-likeness (QED) is 0.860. The van der Waals surface area contributed by atoms with E-state index in [2.05, 4.69) is 11.4 Å². The van der Waals surface area contributed by atoms with Crippen LogP contribution in [0, 0.1) is 25.2 Å². The van der Waals surface area contributed by atoms with Crippen molar-refractivity contribution >= 4 is 11.5 Å². The maximum absolute atomic E-state index is 12.1. The molecule has 0 saturated carbocycles. The molecule has 0 radical (unpaired) electrons. The minimum Gasteiger partial charge on any atom is -0.377 e. The molecule has 0 aliphatic heterocycles. The van der Waals surface area contributed by atoms with Crippen LogP contribution in [0.3, 0.4) is 0 Å². The standard InChI is InChI=1S/C17H16N2O/c1-12-7-8-14(9-13(12)2)17(20)11-19-16-6-4-3-5-15(16)10-18/h3-9,19H,11H2,1-2H3. The second-order valence-electron chi connectivity index (χ2n) is 4.73. The minimum atomic E-state index is 0.0147. The highest BCUT2D eigenvalue weighted by atomic mass is 16.1. The molecule has 1 N–H and O–H groups in total. The zero-order valence-electron chi connectivity index (χ0n) is 11.6. The monoisotopic (exact) mass is 264 g/mol. The third kappa shape index (κ3) is 3.04. The van der Waals surface area contributed by atoms with E-state index in [1.54, 1.807) is 18.2 Å². The molecule has 2 rings (SSSR count). The third-order valence-corrected chi connectivity index (χ3v) is 3.32. The number of anilines is 1. The molecule has 2 aromatic rings. The van der Waals surface area contributed by atoms with Crippen LogP contribution < -0.4 is 5.32 Å². The van der Waals surface area contributed by atoms with Gasteiger partial charge in [-0.2, -0.15) is 5.26 Å². The number of hydrogen-bond acceptors (Lipinski definition) is 3. The van der Waals surface area contributed by atoms with Crippen LogP contribution in [0.1, 0.15) is 27.0 Å². The molecule has 0 atom stereocenters. The number of carbonyl (C=O) groups is 1. The molecule has 0 amide bonds. The number of ketones is 1. The summed E-state index contributed by atoms with van der Waals surface area (Å²) >= 11 is 0. The number of para-hydroxylation sites is 1. The highest BCUT2D eigenvalue weighted by Gasteiger charge is 2.08. The van der Waals surface area contributed by atoms with Crippen molar-refractivity contribution in [3.8, 4) is 6.07 Å². The van der Waals surface area contributed by atoms with Crippen molar-refractivity contribution in [2.45, 2.75) is 13.8 Å². The van der Waals surface area contributed by atoms with Gasteiger partial charge in [0.25, 0.3) is 0 Å². The fraction of sp³-hybridized carbons (Fsp3) is 0.176. The molecule has 2 aromatic carbocycles. The van der Waals surface area contributed by atoms with Crippen LogP contribution in [0.15, 0.2) is 42.5 Å². The smallest absolute Gasteiger partial charge is 0.181 e. The van der Waals surface area contributed by atoms with Gasteiger partial charge in [-0.1, -0.05) is 24.3 Å². The van der Waals surface area contributed by atoms with E-state index in [4.69, 9.17) is 5.26 Å². The van der Waals surface area contributed by atoms with Crippen LogP contribution in [-0.4, -0.2) is 12.3 Å². The van der Waals surface area contributed by atoms with Crippen molar-refractivity contribution in [1.82, 2.24) is 0 Å². The summed E-state index contributed by atoms with van der Waals surface area (Å²) < 4.78 is 0. The Bertz CT molecular complexity index is 684. The Labute approximate surface area is 118 Å². The van der Waals surface area contributed by atoms with Gasteiger partial charge in [-0.3, -0.25) is 4.79 Å². The molecule has 0 spiro atoms. The van der Waals surface area contributed by atoms with Crippen molar-refractivity contribution in [3.63, 3.8) is 0 Å². The minimum absolute atomic E-state index is 0.0147. The van der Waals surface area contributed by atoms with E-state index in [1.807, 2.05) is 38.1 Å². The Kier molecular flexibility index (Phi) is 4.17. The highest BCUT2D eigenvalue weighted by molar-refractivity contribution is 5.99. The SMILES string of the molecule is Cc1ccc(C(=O)CNc2ccccc2C#N)cc1C. The first-order chi connectivity index (χ1) is 9.61.